The maximum Gasteiger partial charge on any atom is 0.0447 e. The van der Waals surface area contributed by atoms with Gasteiger partial charge in [0.1, 0.15) is 0 Å². The van der Waals surface area contributed by atoms with Crippen molar-refractivity contribution in [1.82, 2.24) is 0 Å². The number of thiol groups is 1. The van der Waals surface area contributed by atoms with Crippen LogP contribution in [0, 0.1) is 0 Å². The van der Waals surface area contributed by atoms with Crippen molar-refractivity contribution in [2.45, 2.75) is 26.7 Å². The molecule has 0 amide bonds. The summed E-state index contributed by atoms with van der Waals surface area (Å²) in [4.78, 5) is 0. The van der Waals surface area contributed by atoms with Crippen LogP contribution in [0.25, 0.3) is 0 Å². The molecule has 0 aromatic rings. The number of hydrogen-bond donors (Lipinski definition) is 2. The lowest BCUT2D eigenvalue weighted by atomic mass is 10.4. The number of aliphatic hydroxyl groups is 1. The van der Waals surface area contributed by atoms with E-state index < -0.39 is 0 Å². The highest BCUT2D eigenvalue weighted by Gasteiger charge is 1.80. The van der Waals surface area contributed by atoms with Crippen LogP contribution in [0.4, 0.5) is 0 Å². The second-order valence-corrected chi connectivity index (χ2v) is 2.80. The minimum Gasteiger partial charge on any atom is -0.397 e. The van der Waals surface area contributed by atoms with Gasteiger partial charge in [-0.1, -0.05) is 25.6 Å². The average molecular weight is 166 g/mol. The number of thiocarbonyl (C=S) groups is 1. The molecule has 3 heteroatoms. The molecule has 0 aliphatic carbocycles. The van der Waals surface area contributed by atoms with Gasteiger partial charge < -0.3 is 5.11 Å². The molecule has 0 radical (unpaired) electrons. The van der Waals surface area contributed by atoms with Crippen LogP contribution >= 0.6 is 24.8 Å². The fraction of sp³-hybridized carbons (Fsp3) is 0.833. The van der Waals surface area contributed by atoms with Crippen molar-refractivity contribution in [2.24, 2.45) is 0 Å². The first-order chi connectivity index (χ1) is 4.18. The Morgan fingerprint density at radius 3 is 1.89 bits per heavy atom. The van der Waals surface area contributed by atoms with Gasteiger partial charge in [0.25, 0.3) is 0 Å². The Morgan fingerprint density at radius 1 is 1.56 bits per heavy atom. The van der Waals surface area contributed by atoms with Crippen LogP contribution in [0.5, 0.6) is 0 Å². The molecule has 9 heavy (non-hydrogen) atoms. The van der Waals surface area contributed by atoms with Crippen molar-refractivity contribution >= 4 is 29.0 Å². The van der Waals surface area contributed by atoms with Crippen LogP contribution in [0.15, 0.2) is 0 Å². The van der Waals surface area contributed by atoms with Crippen molar-refractivity contribution < 1.29 is 5.11 Å². The first-order valence-electron chi connectivity index (χ1n) is 3.01. The molecule has 0 rings (SSSR count). The highest BCUT2D eigenvalue weighted by atomic mass is 32.1. The van der Waals surface area contributed by atoms with Gasteiger partial charge in [0.15, 0.2) is 0 Å². The minimum absolute atomic E-state index is 0.250. The van der Waals surface area contributed by atoms with Crippen LogP contribution in [0.3, 0.4) is 0 Å². The first-order valence-corrected chi connectivity index (χ1v) is 3.87. The predicted molar refractivity (Wildman–Crippen MR) is 49.3 cm³/mol. The Kier molecular flexibility index (Phi) is 15.1. The summed E-state index contributed by atoms with van der Waals surface area (Å²) in [6, 6.07) is 0. The Hall–Kier alpha value is 0.400. The van der Waals surface area contributed by atoms with Gasteiger partial charge in [0.05, 0.1) is 0 Å². The second kappa shape index (κ2) is 11.2. The molecule has 0 bridgehead atoms. The fourth-order valence-electron chi connectivity index (χ4n) is 0.214. The molecule has 0 saturated heterocycles. The molecule has 0 fully saturated rings. The van der Waals surface area contributed by atoms with Gasteiger partial charge in [-0.15, -0.1) is 12.6 Å². The zero-order valence-corrected chi connectivity index (χ0v) is 7.63. The first kappa shape index (κ1) is 12.1. The van der Waals surface area contributed by atoms with Crippen molar-refractivity contribution in [1.29, 1.82) is 0 Å². The highest BCUT2D eigenvalue weighted by Crippen LogP contribution is 1.93. The van der Waals surface area contributed by atoms with Crippen molar-refractivity contribution in [3.05, 3.63) is 0 Å². The zero-order chi connectivity index (χ0) is 7.70. The van der Waals surface area contributed by atoms with E-state index in [1.54, 1.807) is 6.92 Å². The monoisotopic (exact) mass is 166 g/mol. The molecule has 1 N–H and O–H groups in total. The van der Waals surface area contributed by atoms with E-state index in [0.717, 1.165) is 17.0 Å². The van der Waals surface area contributed by atoms with Crippen molar-refractivity contribution in [3.63, 3.8) is 0 Å². The van der Waals surface area contributed by atoms with Gasteiger partial charge in [-0.2, -0.15) is 0 Å². The van der Waals surface area contributed by atoms with Gasteiger partial charge in [-0.05, 0) is 13.3 Å². The lowest BCUT2D eigenvalue weighted by molar-refractivity contribution is 0.318. The summed E-state index contributed by atoms with van der Waals surface area (Å²) < 4.78 is 0.817. The maximum absolute atomic E-state index is 7.57. The van der Waals surface area contributed by atoms with Gasteiger partial charge in [0.2, 0.25) is 0 Å². The molecule has 0 aliphatic heterocycles. The Bertz CT molecular complexity index is 64.1. The quantitative estimate of drug-likeness (QED) is 0.483. The zero-order valence-electron chi connectivity index (χ0n) is 5.92. The lowest BCUT2D eigenvalue weighted by Gasteiger charge is -1.83. The number of rotatable bonds is 2. The molecule has 0 aromatic carbocycles. The van der Waals surface area contributed by atoms with Crippen LogP contribution in [0.2, 0.25) is 0 Å². The van der Waals surface area contributed by atoms with Gasteiger partial charge in [0, 0.05) is 10.8 Å². The van der Waals surface area contributed by atoms with Gasteiger partial charge in [-0.3, -0.25) is 0 Å². The summed E-state index contributed by atoms with van der Waals surface area (Å²) in [6.45, 7) is 4.02. The number of aliphatic hydroxyl groups excluding tert-OH is 1. The Morgan fingerprint density at radius 2 is 1.89 bits per heavy atom. The summed E-state index contributed by atoms with van der Waals surface area (Å²) >= 11 is 8.57. The number of hydrogen-bond acceptors (Lipinski definition) is 2. The minimum atomic E-state index is 0.250. The largest absolute Gasteiger partial charge is 0.397 e. The van der Waals surface area contributed by atoms with Crippen molar-refractivity contribution in [3.8, 4) is 0 Å². The molecule has 0 aliphatic rings. The van der Waals surface area contributed by atoms with E-state index in [-0.39, 0.29) is 6.61 Å². The van der Waals surface area contributed by atoms with E-state index in [2.05, 4.69) is 31.8 Å². The maximum atomic E-state index is 7.57. The van der Waals surface area contributed by atoms with Gasteiger partial charge >= 0.3 is 0 Å². The van der Waals surface area contributed by atoms with Crippen LogP contribution in [-0.4, -0.2) is 15.9 Å². The summed E-state index contributed by atoms with van der Waals surface area (Å²) in [5.74, 6) is 0. The van der Waals surface area contributed by atoms with E-state index in [0.29, 0.717) is 0 Å². The summed E-state index contributed by atoms with van der Waals surface area (Å²) in [5.41, 5.74) is 0. The molecule has 1 nitrogen and oxygen atoms in total. The van der Waals surface area contributed by atoms with E-state index in [1.807, 2.05) is 0 Å². The standard InChI is InChI=1S/C4H8S2.C2H6O/c1-2-3-4(5)6;1-2-3/h2-3H2,1H3,(H,5,6);3H,2H2,1H3. The third-order valence-corrected chi connectivity index (χ3v) is 0.892. The van der Waals surface area contributed by atoms with E-state index >= 15 is 0 Å². The smallest absolute Gasteiger partial charge is 0.0447 e. The molecule has 0 atom stereocenters. The summed E-state index contributed by atoms with van der Waals surface area (Å²) in [7, 11) is 0. The molecular weight excluding hydrogens is 152 g/mol. The van der Waals surface area contributed by atoms with Gasteiger partial charge in [-0.25, -0.2) is 0 Å². The van der Waals surface area contributed by atoms with Crippen LogP contribution in [0.1, 0.15) is 26.7 Å². The molecule has 0 heterocycles. The molecule has 0 aromatic heterocycles. The van der Waals surface area contributed by atoms with E-state index in [4.69, 9.17) is 5.11 Å². The highest BCUT2D eigenvalue weighted by molar-refractivity contribution is 8.11. The molecule has 56 valence electrons. The van der Waals surface area contributed by atoms with Crippen molar-refractivity contribution in [2.75, 3.05) is 6.61 Å². The summed E-state index contributed by atoms with van der Waals surface area (Å²) in [5, 5.41) is 7.57. The predicted octanol–water partition coefficient (Wildman–Crippen LogP) is 2.04. The lowest BCUT2D eigenvalue weighted by Crippen LogP contribution is -1.75. The SMILES string of the molecule is CCCC(=S)S.CCO. The van der Waals surface area contributed by atoms with E-state index in [1.165, 1.54) is 0 Å². The third-order valence-electron chi connectivity index (χ3n) is 0.464. The molecule has 0 saturated carbocycles. The van der Waals surface area contributed by atoms with E-state index in [9.17, 15) is 0 Å². The molecule has 0 unspecified atom stereocenters. The van der Waals surface area contributed by atoms with Crippen LogP contribution in [-0.2, 0) is 0 Å². The molecule has 0 spiro atoms. The topological polar surface area (TPSA) is 20.2 Å². The third kappa shape index (κ3) is 29.8. The second-order valence-electron chi connectivity index (χ2n) is 1.46. The average Bonchev–Trinajstić information content (AvgIpc) is 1.67. The Labute approximate surface area is 67.9 Å². The summed E-state index contributed by atoms with van der Waals surface area (Å²) in [6.07, 6.45) is 2.08. The normalized spacial score (nSPS) is 7.56. The Balaban J connectivity index is 0. The van der Waals surface area contributed by atoms with Crippen LogP contribution < -0.4 is 0 Å². The molecular formula is C6H14OS2. The fourth-order valence-corrected chi connectivity index (χ4v) is 0.642.